The predicted octanol–water partition coefficient (Wildman–Crippen LogP) is 2.39. The zero-order valence-corrected chi connectivity index (χ0v) is 10.1. The van der Waals surface area contributed by atoms with Crippen LogP contribution in [0.4, 0.5) is 0 Å². The lowest BCUT2D eigenvalue weighted by Gasteiger charge is -2.30. The van der Waals surface area contributed by atoms with Crippen molar-refractivity contribution < 1.29 is 0 Å². The zero-order chi connectivity index (χ0) is 10.0. The molecular weight excluding hydrogens is 212 g/mol. The molecule has 0 amide bonds. The Labute approximate surface area is 93.3 Å². The summed E-state index contributed by atoms with van der Waals surface area (Å²) >= 11 is 3.84. The average molecular weight is 228 g/mol. The molecule has 2 heterocycles. The van der Waals surface area contributed by atoms with Crippen LogP contribution in [-0.2, 0) is 12.0 Å². The number of nitrogens with zero attached hydrogens (tertiary/aromatic N) is 1. The molecule has 1 fully saturated rings. The molecule has 1 saturated heterocycles. The van der Waals surface area contributed by atoms with Gasteiger partial charge in [-0.1, -0.05) is 6.92 Å². The SMILES string of the molecule is CC1(c2ncc(CN)s2)CCCSC1. The molecule has 1 aliphatic heterocycles. The summed E-state index contributed by atoms with van der Waals surface area (Å²) in [6.07, 6.45) is 4.53. The Morgan fingerprint density at radius 3 is 3.07 bits per heavy atom. The van der Waals surface area contributed by atoms with Gasteiger partial charge in [0.05, 0.1) is 5.01 Å². The first-order valence-corrected chi connectivity index (χ1v) is 6.95. The minimum absolute atomic E-state index is 0.307. The van der Waals surface area contributed by atoms with Crippen LogP contribution in [0.3, 0.4) is 0 Å². The fraction of sp³-hybridized carbons (Fsp3) is 0.700. The standard InChI is InChI=1S/C10H16N2S2/c1-10(3-2-4-13-7-10)9-12-6-8(5-11)14-9/h6H,2-5,7,11H2,1H3. The van der Waals surface area contributed by atoms with Gasteiger partial charge in [0, 0.05) is 28.8 Å². The van der Waals surface area contributed by atoms with Crippen molar-refractivity contribution in [2.24, 2.45) is 5.73 Å². The molecule has 1 aromatic rings. The van der Waals surface area contributed by atoms with Crippen molar-refractivity contribution >= 4 is 23.1 Å². The van der Waals surface area contributed by atoms with Crippen molar-refractivity contribution in [3.8, 4) is 0 Å². The second-order valence-electron chi connectivity index (χ2n) is 4.05. The Morgan fingerprint density at radius 1 is 1.64 bits per heavy atom. The van der Waals surface area contributed by atoms with E-state index >= 15 is 0 Å². The molecule has 1 aromatic heterocycles. The van der Waals surface area contributed by atoms with Gasteiger partial charge in [0.15, 0.2) is 0 Å². The van der Waals surface area contributed by atoms with E-state index in [2.05, 4.69) is 11.9 Å². The molecule has 4 heteroatoms. The van der Waals surface area contributed by atoms with Crippen LogP contribution in [0.1, 0.15) is 29.7 Å². The zero-order valence-electron chi connectivity index (χ0n) is 8.45. The summed E-state index contributed by atoms with van der Waals surface area (Å²) in [5.74, 6) is 2.52. The van der Waals surface area contributed by atoms with Crippen LogP contribution in [0.2, 0.25) is 0 Å². The topological polar surface area (TPSA) is 38.9 Å². The van der Waals surface area contributed by atoms with E-state index < -0.39 is 0 Å². The minimum Gasteiger partial charge on any atom is -0.326 e. The van der Waals surface area contributed by atoms with E-state index in [1.54, 1.807) is 11.3 Å². The maximum Gasteiger partial charge on any atom is 0.0995 e. The minimum atomic E-state index is 0.307. The van der Waals surface area contributed by atoms with Crippen molar-refractivity contribution in [1.29, 1.82) is 0 Å². The first-order chi connectivity index (χ1) is 6.74. The van der Waals surface area contributed by atoms with Crippen LogP contribution in [0, 0.1) is 0 Å². The number of thiazole rings is 1. The van der Waals surface area contributed by atoms with E-state index in [0.717, 1.165) is 0 Å². The van der Waals surface area contributed by atoms with E-state index in [0.29, 0.717) is 12.0 Å². The highest BCUT2D eigenvalue weighted by atomic mass is 32.2. The fourth-order valence-corrected chi connectivity index (χ4v) is 4.06. The van der Waals surface area contributed by atoms with Gasteiger partial charge < -0.3 is 5.73 Å². The highest BCUT2D eigenvalue weighted by molar-refractivity contribution is 7.99. The third-order valence-corrected chi connectivity index (χ3v) is 5.45. The molecule has 78 valence electrons. The average Bonchev–Trinajstić information content (AvgIpc) is 2.67. The molecule has 0 aromatic carbocycles. The summed E-state index contributed by atoms with van der Waals surface area (Å²) in [6, 6.07) is 0. The van der Waals surface area contributed by atoms with E-state index in [-0.39, 0.29) is 0 Å². The summed E-state index contributed by atoms with van der Waals surface area (Å²) in [5, 5.41) is 1.28. The molecule has 2 N–H and O–H groups in total. The quantitative estimate of drug-likeness (QED) is 0.844. The highest BCUT2D eigenvalue weighted by Gasteiger charge is 2.31. The Morgan fingerprint density at radius 2 is 2.50 bits per heavy atom. The van der Waals surface area contributed by atoms with Gasteiger partial charge in [-0.25, -0.2) is 4.98 Å². The van der Waals surface area contributed by atoms with Crippen molar-refractivity contribution in [3.63, 3.8) is 0 Å². The van der Waals surface area contributed by atoms with Crippen molar-refractivity contribution in [3.05, 3.63) is 16.1 Å². The third kappa shape index (κ3) is 1.97. The number of rotatable bonds is 2. The van der Waals surface area contributed by atoms with Crippen LogP contribution in [0.15, 0.2) is 6.20 Å². The molecule has 2 rings (SSSR count). The van der Waals surface area contributed by atoms with Crippen molar-refractivity contribution in [1.82, 2.24) is 4.98 Å². The lowest BCUT2D eigenvalue weighted by Crippen LogP contribution is -2.28. The van der Waals surface area contributed by atoms with E-state index in [1.165, 1.54) is 34.2 Å². The van der Waals surface area contributed by atoms with Gasteiger partial charge in [0.2, 0.25) is 0 Å². The molecular formula is C10H16N2S2. The van der Waals surface area contributed by atoms with Crippen molar-refractivity contribution in [2.75, 3.05) is 11.5 Å². The normalized spacial score (nSPS) is 27.9. The molecule has 0 spiro atoms. The first-order valence-electron chi connectivity index (χ1n) is 4.97. The van der Waals surface area contributed by atoms with Gasteiger partial charge in [-0.05, 0) is 18.6 Å². The van der Waals surface area contributed by atoms with Crippen LogP contribution < -0.4 is 5.73 Å². The van der Waals surface area contributed by atoms with Crippen LogP contribution in [0.5, 0.6) is 0 Å². The summed E-state index contributed by atoms with van der Waals surface area (Å²) in [7, 11) is 0. The second-order valence-corrected chi connectivity index (χ2v) is 6.27. The molecule has 1 atom stereocenters. The summed E-state index contributed by atoms with van der Waals surface area (Å²) < 4.78 is 0. The third-order valence-electron chi connectivity index (χ3n) is 2.71. The molecule has 14 heavy (non-hydrogen) atoms. The van der Waals surface area contributed by atoms with Gasteiger partial charge in [-0.15, -0.1) is 11.3 Å². The highest BCUT2D eigenvalue weighted by Crippen LogP contribution is 2.38. The lowest BCUT2D eigenvalue weighted by molar-refractivity contribution is 0.470. The van der Waals surface area contributed by atoms with Crippen LogP contribution >= 0.6 is 23.1 Å². The van der Waals surface area contributed by atoms with Gasteiger partial charge in [0.25, 0.3) is 0 Å². The Bertz CT molecular complexity index is 303. The molecule has 1 aliphatic rings. The summed E-state index contributed by atoms with van der Waals surface area (Å²) in [4.78, 5) is 5.71. The molecule has 1 unspecified atom stereocenters. The van der Waals surface area contributed by atoms with Gasteiger partial charge >= 0.3 is 0 Å². The number of hydrogen-bond acceptors (Lipinski definition) is 4. The van der Waals surface area contributed by atoms with E-state index in [9.17, 15) is 0 Å². The Hall–Kier alpha value is -0.0600. The molecule has 2 nitrogen and oxygen atoms in total. The molecule has 0 radical (unpaired) electrons. The van der Waals surface area contributed by atoms with Gasteiger partial charge in [0.1, 0.15) is 0 Å². The Kier molecular flexibility index (Phi) is 3.14. The van der Waals surface area contributed by atoms with E-state index in [4.69, 9.17) is 5.73 Å². The number of aromatic nitrogens is 1. The fourth-order valence-electron chi connectivity index (χ4n) is 1.78. The lowest BCUT2D eigenvalue weighted by atomic mass is 9.88. The van der Waals surface area contributed by atoms with Gasteiger partial charge in [-0.2, -0.15) is 11.8 Å². The molecule has 0 saturated carbocycles. The maximum absolute atomic E-state index is 5.60. The molecule has 0 bridgehead atoms. The summed E-state index contributed by atoms with van der Waals surface area (Å²) in [5.41, 5.74) is 5.91. The number of hydrogen-bond donors (Lipinski definition) is 1. The second kappa shape index (κ2) is 4.21. The smallest absolute Gasteiger partial charge is 0.0995 e. The maximum atomic E-state index is 5.60. The number of thioether (sulfide) groups is 1. The van der Waals surface area contributed by atoms with E-state index in [1.807, 2.05) is 18.0 Å². The Balaban J connectivity index is 2.19. The predicted molar refractivity (Wildman–Crippen MR) is 63.9 cm³/mol. The van der Waals surface area contributed by atoms with Crippen molar-refractivity contribution in [2.45, 2.75) is 31.7 Å². The van der Waals surface area contributed by atoms with Crippen LogP contribution in [-0.4, -0.2) is 16.5 Å². The summed E-state index contributed by atoms with van der Waals surface area (Å²) in [6.45, 7) is 2.96. The first kappa shape index (κ1) is 10.5. The number of nitrogens with two attached hydrogens (primary N) is 1. The van der Waals surface area contributed by atoms with Gasteiger partial charge in [-0.3, -0.25) is 0 Å². The monoisotopic (exact) mass is 228 g/mol. The molecule has 0 aliphatic carbocycles. The largest absolute Gasteiger partial charge is 0.326 e. The van der Waals surface area contributed by atoms with Crippen LogP contribution in [0.25, 0.3) is 0 Å².